The number of rotatable bonds is 6. The molecule has 1 N–H and O–H groups in total. The Hall–Kier alpha value is -0.130. The molecule has 0 aromatic rings. The van der Waals surface area contributed by atoms with Gasteiger partial charge >= 0.3 is 0 Å². The fourth-order valence-corrected chi connectivity index (χ4v) is 4.13. The molecule has 0 spiro atoms. The fraction of sp³-hybridized carbons (Fsp3) is 1.00. The summed E-state index contributed by atoms with van der Waals surface area (Å²) in [6, 6.07) is 0.351. The van der Waals surface area contributed by atoms with Crippen LogP contribution < -0.4 is 5.32 Å². The number of sulfone groups is 1. The van der Waals surface area contributed by atoms with E-state index in [1.807, 2.05) is 7.05 Å². The van der Waals surface area contributed by atoms with Gasteiger partial charge in [0.15, 0.2) is 0 Å². The zero-order valence-corrected chi connectivity index (χ0v) is 12.8. The van der Waals surface area contributed by atoms with Crippen LogP contribution in [0.2, 0.25) is 0 Å². The predicted octanol–water partition coefficient (Wildman–Crippen LogP) is 1.60. The van der Waals surface area contributed by atoms with Crippen molar-refractivity contribution in [2.75, 3.05) is 20.4 Å². The van der Waals surface area contributed by atoms with Crippen LogP contribution in [0.25, 0.3) is 0 Å². The van der Waals surface area contributed by atoms with Gasteiger partial charge in [0.25, 0.3) is 0 Å². The molecule has 4 nitrogen and oxygen atoms in total. The molecule has 0 radical (unpaired) electrons. The van der Waals surface area contributed by atoms with Crippen LogP contribution in [-0.2, 0) is 14.6 Å². The summed E-state index contributed by atoms with van der Waals surface area (Å²) in [6.07, 6.45) is 6.27. The van der Waals surface area contributed by atoms with Crippen molar-refractivity contribution in [1.82, 2.24) is 5.32 Å². The Balaban J connectivity index is 2.63. The van der Waals surface area contributed by atoms with Gasteiger partial charge < -0.3 is 10.1 Å². The molecule has 1 saturated carbocycles. The Morgan fingerprint density at radius 3 is 2.56 bits per heavy atom. The minimum atomic E-state index is -2.89. The minimum Gasteiger partial charge on any atom is -0.382 e. The van der Waals surface area contributed by atoms with Crippen molar-refractivity contribution in [3.8, 4) is 0 Å². The molecular formula is C13H27NO3S. The van der Waals surface area contributed by atoms with Crippen LogP contribution in [0.1, 0.15) is 39.0 Å². The normalized spacial score (nSPS) is 28.9. The van der Waals surface area contributed by atoms with Crippen LogP contribution in [0.3, 0.4) is 0 Å². The molecule has 4 unspecified atom stereocenters. The maximum Gasteiger partial charge on any atom is 0.150 e. The molecular weight excluding hydrogens is 250 g/mol. The van der Waals surface area contributed by atoms with Crippen molar-refractivity contribution in [3.63, 3.8) is 0 Å². The van der Waals surface area contributed by atoms with E-state index < -0.39 is 9.84 Å². The number of ether oxygens (including phenoxy) is 1. The van der Waals surface area contributed by atoms with Crippen molar-refractivity contribution >= 4 is 9.84 Å². The summed E-state index contributed by atoms with van der Waals surface area (Å²) in [5.74, 6) is 0.445. The SMILES string of the molecule is CNC(CC(C)OC)C1CCCC(S(C)(=O)=O)C1. The molecule has 108 valence electrons. The Labute approximate surface area is 111 Å². The van der Waals surface area contributed by atoms with E-state index in [2.05, 4.69) is 12.2 Å². The molecule has 0 heterocycles. The van der Waals surface area contributed by atoms with Crippen LogP contribution in [-0.4, -0.2) is 46.2 Å². The molecule has 0 aromatic heterocycles. The van der Waals surface area contributed by atoms with E-state index in [9.17, 15) is 8.42 Å². The number of hydrogen-bond donors (Lipinski definition) is 1. The number of nitrogens with one attached hydrogen (secondary N) is 1. The highest BCUT2D eigenvalue weighted by atomic mass is 32.2. The van der Waals surface area contributed by atoms with E-state index >= 15 is 0 Å². The van der Waals surface area contributed by atoms with Crippen LogP contribution in [0, 0.1) is 5.92 Å². The highest BCUT2D eigenvalue weighted by molar-refractivity contribution is 7.91. The summed E-state index contributed by atoms with van der Waals surface area (Å²) in [5, 5.41) is 3.19. The summed E-state index contributed by atoms with van der Waals surface area (Å²) in [5.41, 5.74) is 0. The van der Waals surface area contributed by atoms with E-state index in [1.54, 1.807) is 7.11 Å². The average molecular weight is 277 g/mol. The van der Waals surface area contributed by atoms with Gasteiger partial charge in [0, 0.05) is 19.4 Å². The van der Waals surface area contributed by atoms with Gasteiger partial charge in [-0.2, -0.15) is 0 Å². The van der Waals surface area contributed by atoms with Gasteiger partial charge in [-0.05, 0) is 45.6 Å². The molecule has 0 saturated heterocycles. The quantitative estimate of drug-likeness (QED) is 0.801. The maximum absolute atomic E-state index is 11.7. The lowest BCUT2D eigenvalue weighted by Gasteiger charge is -2.34. The van der Waals surface area contributed by atoms with Gasteiger partial charge in [-0.15, -0.1) is 0 Å². The first-order chi connectivity index (χ1) is 8.38. The summed E-state index contributed by atoms with van der Waals surface area (Å²) in [6.45, 7) is 2.06. The van der Waals surface area contributed by atoms with E-state index in [-0.39, 0.29) is 11.4 Å². The molecule has 0 bridgehead atoms. The molecule has 1 rings (SSSR count). The second kappa shape index (κ2) is 6.87. The Bertz CT molecular complexity index is 342. The highest BCUT2D eigenvalue weighted by Crippen LogP contribution is 2.32. The zero-order chi connectivity index (χ0) is 13.8. The molecule has 18 heavy (non-hydrogen) atoms. The molecule has 1 aliphatic rings. The predicted molar refractivity (Wildman–Crippen MR) is 74.5 cm³/mol. The molecule has 5 heteroatoms. The monoisotopic (exact) mass is 277 g/mol. The lowest BCUT2D eigenvalue weighted by Crippen LogP contribution is -2.41. The van der Waals surface area contributed by atoms with E-state index in [0.29, 0.717) is 12.0 Å². The van der Waals surface area contributed by atoms with Crippen molar-refractivity contribution < 1.29 is 13.2 Å². The summed E-state index contributed by atoms with van der Waals surface area (Å²) in [7, 11) is 0.782. The zero-order valence-electron chi connectivity index (χ0n) is 12.0. The third-order valence-corrected chi connectivity index (χ3v) is 5.84. The van der Waals surface area contributed by atoms with Crippen molar-refractivity contribution in [1.29, 1.82) is 0 Å². The molecule has 1 fully saturated rings. The standard InChI is InChI=1S/C13H27NO3S/c1-10(17-3)8-13(14-2)11-6-5-7-12(9-11)18(4,15)16/h10-14H,5-9H2,1-4H3. The van der Waals surface area contributed by atoms with Gasteiger partial charge in [0.2, 0.25) is 0 Å². The van der Waals surface area contributed by atoms with Gasteiger partial charge in [0.05, 0.1) is 11.4 Å². The third-order valence-electron chi connectivity index (χ3n) is 4.20. The number of methoxy groups -OCH3 is 1. The lowest BCUT2D eigenvalue weighted by atomic mass is 9.81. The lowest BCUT2D eigenvalue weighted by molar-refractivity contribution is 0.0890. The first kappa shape index (κ1) is 15.9. The second-order valence-corrected chi connectivity index (χ2v) is 7.88. The first-order valence-electron chi connectivity index (χ1n) is 6.77. The molecule has 0 aliphatic heterocycles. The topological polar surface area (TPSA) is 55.4 Å². The smallest absolute Gasteiger partial charge is 0.150 e. The van der Waals surface area contributed by atoms with Crippen molar-refractivity contribution in [3.05, 3.63) is 0 Å². The summed E-state index contributed by atoms with van der Waals surface area (Å²) >= 11 is 0. The van der Waals surface area contributed by atoms with Gasteiger partial charge in [0.1, 0.15) is 9.84 Å². The third kappa shape index (κ3) is 4.52. The van der Waals surface area contributed by atoms with Gasteiger partial charge in [-0.1, -0.05) is 6.42 Å². The van der Waals surface area contributed by atoms with Crippen molar-refractivity contribution in [2.24, 2.45) is 5.92 Å². The average Bonchev–Trinajstić information content (AvgIpc) is 2.34. The van der Waals surface area contributed by atoms with Gasteiger partial charge in [-0.25, -0.2) is 8.42 Å². The summed E-state index contributed by atoms with van der Waals surface area (Å²) < 4.78 is 28.7. The Kier molecular flexibility index (Phi) is 6.08. The van der Waals surface area contributed by atoms with Crippen molar-refractivity contribution in [2.45, 2.75) is 56.4 Å². The highest BCUT2D eigenvalue weighted by Gasteiger charge is 2.32. The minimum absolute atomic E-state index is 0.148. The Morgan fingerprint density at radius 2 is 2.06 bits per heavy atom. The largest absolute Gasteiger partial charge is 0.382 e. The number of hydrogen-bond acceptors (Lipinski definition) is 4. The summed E-state index contributed by atoms with van der Waals surface area (Å²) in [4.78, 5) is 0. The van der Waals surface area contributed by atoms with Gasteiger partial charge in [-0.3, -0.25) is 0 Å². The molecule has 4 atom stereocenters. The van der Waals surface area contributed by atoms with Crippen LogP contribution in [0.5, 0.6) is 0 Å². The maximum atomic E-state index is 11.7. The first-order valence-corrected chi connectivity index (χ1v) is 8.72. The van der Waals surface area contributed by atoms with E-state index in [1.165, 1.54) is 6.26 Å². The van der Waals surface area contributed by atoms with E-state index in [4.69, 9.17) is 4.74 Å². The van der Waals surface area contributed by atoms with Crippen LogP contribution in [0.4, 0.5) is 0 Å². The second-order valence-electron chi connectivity index (χ2n) is 5.56. The molecule has 0 aromatic carbocycles. The van der Waals surface area contributed by atoms with Crippen LogP contribution >= 0.6 is 0 Å². The Morgan fingerprint density at radius 1 is 1.39 bits per heavy atom. The fourth-order valence-electron chi connectivity index (χ4n) is 2.94. The van der Waals surface area contributed by atoms with E-state index in [0.717, 1.165) is 32.1 Å². The molecule has 1 aliphatic carbocycles. The molecule has 0 amide bonds. The van der Waals surface area contributed by atoms with Crippen LogP contribution in [0.15, 0.2) is 0 Å².